The Morgan fingerprint density at radius 1 is 0.722 bits per heavy atom. The summed E-state index contributed by atoms with van der Waals surface area (Å²) < 4.78 is 39.3. The van der Waals surface area contributed by atoms with Crippen LogP contribution in [0, 0.1) is 0 Å². The zero-order valence-corrected chi connectivity index (χ0v) is 19.3. The number of fused-ring (bicyclic) bond motifs is 1. The molecule has 8 heteroatoms. The van der Waals surface area contributed by atoms with E-state index in [2.05, 4.69) is 5.32 Å². The second-order valence-corrected chi connectivity index (χ2v) is 8.41. The molecule has 0 unspecified atom stereocenters. The topological polar surface area (TPSA) is 54.9 Å². The number of anilines is 1. The minimum Gasteiger partial charge on any atom is -0.321 e. The highest BCUT2D eigenvalue weighted by atomic mass is 35.5. The third-order valence-corrected chi connectivity index (χ3v) is 5.89. The Morgan fingerprint density at radius 2 is 1.31 bits per heavy atom. The molecule has 5 rings (SSSR count). The van der Waals surface area contributed by atoms with Gasteiger partial charge < -0.3 is 5.32 Å². The highest BCUT2D eigenvalue weighted by Crippen LogP contribution is 2.34. The molecule has 0 atom stereocenters. The molecule has 0 aliphatic heterocycles. The van der Waals surface area contributed by atoms with Gasteiger partial charge in [0.2, 0.25) is 0 Å². The highest BCUT2D eigenvalue weighted by molar-refractivity contribution is 6.34. The average Bonchev–Trinajstić information content (AvgIpc) is 2.89. The lowest BCUT2D eigenvalue weighted by Gasteiger charge is -2.13. The van der Waals surface area contributed by atoms with Crippen LogP contribution in [-0.2, 0) is 6.18 Å². The van der Waals surface area contributed by atoms with Crippen LogP contribution in [0.1, 0.15) is 15.9 Å². The van der Waals surface area contributed by atoms with Gasteiger partial charge in [0.25, 0.3) is 5.91 Å². The molecule has 1 heterocycles. The second kappa shape index (κ2) is 9.43. The van der Waals surface area contributed by atoms with Crippen molar-refractivity contribution in [3.8, 4) is 22.5 Å². The summed E-state index contributed by atoms with van der Waals surface area (Å²) in [7, 11) is 0. The van der Waals surface area contributed by atoms with Gasteiger partial charge in [-0.3, -0.25) is 4.79 Å². The van der Waals surface area contributed by atoms with Crippen molar-refractivity contribution in [2.45, 2.75) is 6.18 Å². The van der Waals surface area contributed by atoms with E-state index < -0.39 is 17.6 Å². The molecule has 5 aromatic rings. The van der Waals surface area contributed by atoms with E-state index in [4.69, 9.17) is 21.6 Å². The van der Waals surface area contributed by atoms with E-state index in [1.807, 2.05) is 60.7 Å². The van der Waals surface area contributed by atoms with Crippen LogP contribution in [0.25, 0.3) is 33.5 Å². The van der Waals surface area contributed by atoms with Gasteiger partial charge in [0.05, 0.1) is 38.7 Å². The predicted octanol–water partition coefficient (Wildman–Crippen LogP) is 7.89. The normalized spacial score (nSPS) is 11.4. The van der Waals surface area contributed by atoms with Gasteiger partial charge in [-0.05, 0) is 36.4 Å². The first-order chi connectivity index (χ1) is 17.3. The van der Waals surface area contributed by atoms with Gasteiger partial charge in [-0.15, -0.1) is 0 Å². The zero-order valence-electron chi connectivity index (χ0n) is 18.6. The summed E-state index contributed by atoms with van der Waals surface area (Å²) >= 11 is 6.03. The van der Waals surface area contributed by atoms with Crippen LogP contribution >= 0.6 is 11.6 Å². The number of alkyl halides is 3. The van der Waals surface area contributed by atoms with Gasteiger partial charge in [0.1, 0.15) is 0 Å². The quantitative estimate of drug-likeness (QED) is 0.271. The SMILES string of the molecule is O=C(Nc1cc(C(F)(F)F)ccc1Cl)c1ccc2nc(-c3ccccc3)c(-c3ccccc3)nc2c1. The number of carbonyl (C=O) groups is 1. The van der Waals surface area contributed by atoms with E-state index in [-0.39, 0.29) is 16.3 Å². The van der Waals surface area contributed by atoms with Crippen LogP contribution in [0.4, 0.5) is 18.9 Å². The Labute approximate surface area is 209 Å². The Morgan fingerprint density at radius 3 is 1.89 bits per heavy atom. The largest absolute Gasteiger partial charge is 0.416 e. The van der Waals surface area contributed by atoms with Crippen LogP contribution in [-0.4, -0.2) is 15.9 Å². The van der Waals surface area contributed by atoms with Crippen LogP contribution in [0.3, 0.4) is 0 Å². The van der Waals surface area contributed by atoms with E-state index in [0.717, 1.165) is 29.3 Å². The van der Waals surface area contributed by atoms with Crippen LogP contribution < -0.4 is 5.32 Å². The molecule has 36 heavy (non-hydrogen) atoms. The number of nitrogens with one attached hydrogen (secondary N) is 1. The summed E-state index contributed by atoms with van der Waals surface area (Å²) in [6.07, 6.45) is -4.56. The molecule has 4 nitrogen and oxygen atoms in total. The molecule has 0 spiro atoms. The molecule has 0 aliphatic rings. The van der Waals surface area contributed by atoms with Crippen molar-refractivity contribution in [1.29, 1.82) is 0 Å². The van der Waals surface area contributed by atoms with Crippen molar-refractivity contribution >= 4 is 34.2 Å². The number of benzene rings is 4. The maximum absolute atomic E-state index is 13.1. The molecule has 1 aromatic heterocycles. The summed E-state index contributed by atoms with van der Waals surface area (Å²) in [4.78, 5) is 22.6. The van der Waals surface area contributed by atoms with Crippen molar-refractivity contribution in [3.63, 3.8) is 0 Å². The van der Waals surface area contributed by atoms with Crippen LogP contribution in [0.15, 0.2) is 97.1 Å². The molecule has 0 aliphatic carbocycles. The zero-order chi connectivity index (χ0) is 25.3. The summed E-state index contributed by atoms with van der Waals surface area (Å²) in [5, 5.41) is 2.46. The van der Waals surface area contributed by atoms with Gasteiger partial charge in [0, 0.05) is 16.7 Å². The molecular weight excluding hydrogens is 487 g/mol. The molecular formula is C28H17ClF3N3O. The molecule has 0 bridgehead atoms. The molecule has 0 saturated carbocycles. The summed E-state index contributed by atoms with van der Waals surface area (Å²) in [6.45, 7) is 0. The standard InChI is InChI=1S/C28H17ClF3N3O/c29-21-13-12-20(28(30,31)32)16-23(21)35-27(36)19-11-14-22-24(15-19)34-26(18-9-5-2-6-10-18)25(33-22)17-7-3-1-4-8-17/h1-16H,(H,35,36). The van der Waals surface area contributed by atoms with Crippen molar-refractivity contribution in [2.75, 3.05) is 5.32 Å². The number of hydrogen-bond acceptors (Lipinski definition) is 3. The lowest BCUT2D eigenvalue weighted by atomic mass is 10.0. The van der Waals surface area contributed by atoms with Crippen molar-refractivity contribution < 1.29 is 18.0 Å². The van der Waals surface area contributed by atoms with E-state index in [1.54, 1.807) is 18.2 Å². The maximum Gasteiger partial charge on any atom is 0.416 e. The summed E-state index contributed by atoms with van der Waals surface area (Å²) in [6, 6.07) is 26.7. The minimum atomic E-state index is -4.56. The number of nitrogens with zero attached hydrogens (tertiary/aromatic N) is 2. The number of amides is 1. The van der Waals surface area contributed by atoms with Crippen LogP contribution in [0.2, 0.25) is 5.02 Å². The predicted molar refractivity (Wildman–Crippen MR) is 135 cm³/mol. The van der Waals surface area contributed by atoms with E-state index in [9.17, 15) is 18.0 Å². The first kappa shape index (κ1) is 23.5. The van der Waals surface area contributed by atoms with E-state index >= 15 is 0 Å². The fourth-order valence-corrected chi connectivity index (χ4v) is 3.95. The number of rotatable bonds is 4. The number of carbonyl (C=O) groups excluding carboxylic acids is 1. The molecule has 178 valence electrons. The Hall–Kier alpha value is -4.23. The van der Waals surface area contributed by atoms with Gasteiger partial charge in [-0.25, -0.2) is 9.97 Å². The van der Waals surface area contributed by atoms with Gasteiger partial charge in [0.15, 0.2) is 0 Å². The minimum absolute atomic E-state index is 0.00389. The molecule has 0 saturated heterocycles. The van der Waals surface area contributed by atoms with E-state index in [0.29, 0.717) is 22.4 Å². The Balaban J connectivity index is 1.56. The third kappa shape index (κ3) is 4.78. The molecule has 1 N–H and O–H groups in total. The summed E-state index contributed by atoms with van der Waals surface area (Å²) in [5.41, 5.74) is 3.30. The molecule has 4 aromatic carbocycles. The lowest BCUT2D eigenvalue weighted by Crippen LogP contribution is -2.14. The van der Waals surface area contributed by atoms with Crippen molar-refractivity contribution in [1.82, 2.24) is 9.97 Å². The third-order valence-electron chi connectivity index (χ3n) is 5.56. The second-order valence-electron chi connectivity index (χ2n) is 8.00. The lowest BCUT2D eigenvalue weighted by molar-refractivity contribution is -0.137. The molecule has 1 amide bonds. The monoisotopic (exact) mass is 503 g/mol. The first-order valence-corrected chi connectivity index (χ1v) is 11.3. The Kier molecular flexibility index (Phi) is 6.16. The number of aromatic nitrogens is 2. The fourth-order valence-electron chi connectivity index (χ4n) is 3.78. The highest BCUT2D eigenvalue weighted by Gasteiger charge is 2.31. The smallest absolute Gasteiger partial charge is 0.321 e. The van der Waals surface area contributed by atoms with Gasteiger partial charge in [-0.2, -0.15) is 13.2 Å². The molecule has 0 fully saturated rings. The number of hydrogen-bond donors (Lipinski definition) is 1. The van der Waals surface area contributed by atoms with E-state index in [1.165, 1.54) is 0 Å². The summed E-state index contributed by atoms with van der Waals surface area (Å²) in [5.74, 6) is -0.617. The average molecular weight is 504 g/mol. The van der Waals surface area contributed by atoms with Crippen molar-refractivity contribution in [2.24, 2.45) is 0 Å². The number of halogens is 4. The van der Waals surface area contributed by atoms with Crippen molar-refractivity contribution in [3.05, 3.63) is 113 Å². The van der Waals surface area contributed by atoms with Gasteiger partial charge >= 0.3 is 6.18 Å². The molecule has 0 radical (unpaired) electrons. The maximum atomic E-state index is 13.1. The Bertz CT molecular complexity index is 1570. The van der Waals surface area contributed by atoms with Gasteiger partial charge in [-0.1, -0.05) is 72.3 Å². The first-order valence-electron chi connectivity index (χ1n) is 10.9. The van der Waals surface area contributed by atoms with Crippen LogP contribution in [0.5, 0.6) is 0 Å². The fraction of sp³-hybridized carbons (Fsp3) is 0.0357.